The number of terminal acetylenes is 1. The van der Waals surface area contributed by atoms with Crippen LogP contribution in [0.1, 0.15) is 43.0 Å². The van der Waals surface area contributed by atoms with Crippen LogP contribution < -0.4 is 0 Å². The maximum absolute atomic E-state index is 12.8. The van der Waals surface area contributed by atoms with Crippen molar-refractivity contribution in [2.75, 3.05) is 0 Å². The monoisotopic (exact) mass is 401 g/mol. The highest BCUT2D eigenvalue weighted by molar-refractivity contribution is 7.43. The van der Waals surface area contributed by atoms with Crippen LogP contribution in [0.3, 0.4) is 0 Å². The minimum absolute atomic E-state index is 0.0195. The van der Waals surface area contributed by atoms with E-state index >= 15 is 0 Å². The lowest BCUT2D eigenvalue weighted by Crippen LogP contribution is -2.40. The molecule has 146 valence electrons. The summed E-state index contributed by atoms with van der Waals surface area (Å²) in [7, 11) is -0.0930. The molecule has 1 saturated carbocycles. The molecule has 0 aliphatic heterocycles. The number of benzene rings is 2. The predicted molar refractivity (Wildman–Crippen MR) is 122 cm³/mol. The fourth-order valence-corrected chi connectivity index (χ4v) is 6.06. The molecule has 2 nitrogen and oxygen atoms in total. The second-order valence-corrected chi connectivity index (χ2v) is 9.66. The van der Waals surface area contributed by atoms with Crippen molar-refractivity contribution >= 4 is 26.5 Å². The maximum atomic E-state index is 12.8. The van der Waals surface area contributed by atoms with Gasteiger partial charge in [0.25, 0.3) is 0 Å². The SMILES string of the molecule is C#CC(C)(OC(=O)c1ccc(-[s+]2ccc3ccccc32)cc1)C1CCCCC1=C. The summed E-state index contributed by atoms with van der Waals surface area (Å²) in [5.74, 6) is 2.38. The molecule has 1 heterocycles. The van der Waals surface area contributed by atoms with E-state index in [0.29, 0.717) is 5.56 Å². The molecule has 3 aromatic rings. The van der Waals surface area contributed by atoms with Crippen molar-refractivity contribution in [2.45, 2.75) is 38.2 Å². The Hall–Kier alpha value is -2.83. The topological polar surface area (TPSA) is 26.3 Å². The summed E-state index contributed by atoms with van der Waals surface area (Å²) in [6.07, 6.45) is 9.89. The van der Waals surface area contributed by atoms with Gasteiger partial charge in [0.1, 0.15) is 5.38 Å². The zero-order valence-electron chi connectivity index (χ0n) is 16.7. The van der Waals surface area contributed by atoms with Crippen molar-refractivity contribution in [1.82, 2.24) is 0 Å². The largest absolute Gasteiger partial charge is 0.442 e. The van der Waals surface area contributed by atoms with E-state index in [2.05, 4.69) is 48.2 Å². The van der Waals surface area contributed by atoms with Crippen molar-refractivity contribution < 1.29 is 9.53 Å². The van der Waals surface area contributed by atoms with Gasteiger partial charge in [0.15, 0.2) is 15.2 Å². The van der Waals surface area contributed by atoms with Gasteiger partial charge in [0, 0.05) is 27.8 Å². The van der Waals surface area contributed by atoms with Gasteiger partial charge in [0.05, 0.1) is 5.56 Å². The lowest BCUT2D eigenvalue weighted by atomic mass is 9.75. The Morgan fingerprint density at radius 2 is 1.93 bits per heavy atom. The standard InChI is InChI=1S/C26H25O2S/c1-4-26(3,23-11-7-5-9-19(23)2)28-25(27)21-13-15-22(16-14-21)29-18-17-20-10-6-8-12-24(20)29/h1,6,8,10,12-18,23H,2,5,7,9,11H2,3H3/q+1. The van der Waals surface area contributed by atoms with Gasteiger partial charge < -0.3 is 4.74 Å². The molecule has 1 aliphatic carbocycles. The quantitative estimate of drug-likeness (QED) is 0.206. The highest BCUT2D eigenvalue weighted by Crippen LogP contribution is 2.40. The number of fused-ring (bicyclic) bond motifs is 1. The third-order valence-electron chi connectivity index (χ3n) is 5.87. The summed E-state index contributed by atoms with van der Waals surface area (Å²) in [4.78, 5) is 14.0. The normalized spacial score (nSPS) is 19.4. The Morgan fingerprint density at radius 1 is 1.17 bits per heavy atom. The first kappa shape index (κ1) is 19.5. The maximum Gasteiger partial charge on any atom is 0.339 e. The number of rotatable bonds is 4. The van der Waals surface area contributed by atoms with Gasteiger partial charge in [-0.15, -0.1) is 6.42 Å². The molecular weight excluding hydrogens is 376 g/mol. The van der Waals surface area contributed by atoms with Gasteiger partial charge in [-0.2, -0.15) is 0 Å². The Morgan fingerprint density at radius 3 is 2.66 bits per heavy atom. The molecular formula is C26H25O2S+. The second-order valence-electron chi connectivity index (χ2n) is 7.80. The molecule has 0 N–H and O–H groups in total. The summed E-state index contributed by atoms with van der Waals surface area (Å²) < 4.78 is 7.18. The van der Waals surface area contributed by atoms with Gasteiger partial charge in [0.2, 0.25) is 0 Å². The van der Waals surface area contributed by atoms with Crippen molar-refractivity contribution in [3.05, 3.63) is 77.7 Å². The number of hydrogen-bond donors (Lipinski definition) is 0. The van der Waals surface area contributed by atoms with Gasteiger partial charge in [-0.25, -0.2) is 4.79 Å². The molecule has 1 aliphatic rings. The molecule has 1 aromatic heterocycles. The first-order valence-electron chi connectivity index (χ1n) is 10.0. The molecule has 2 aromatic carbocycles. The minimum Gasteiger partial charge on any atom is -0.442 e. The fraction of sp³-hybridized carbons (Fsp3) is 0.269. The molecule has 3 heteroatoms. The Labute approximate surface area is 175 Å². The van der Waals surface area contributed by atoms with Crippen LogP contribution in [0, 0.1) is 18.3 Å². The van der Waals surface area contributed by atoms with E-state index in [9.17, 15) is 4.79 Å². The minimum atomic E-state index is -0.956. The third kappa shape index (κ3) is 3.73. The van der Waals surface area contributed by atoms with Gasteiger partial charge in [-0.05, 0) is 62.6 Å². The van der Waals surface area contributed by atoms with Crippen LogP contribution in [-0.2, 0) is 4.74 Å². The molecule has 0 saturated heterocycles. The number of thiophene rings is 1. The van der Waals surface area contributed by atoms with Crippen molar-refractivity contribution in [3.63, 3.8) is 0 Å². The van der Waals surface area contributed by atoms with E-state index in [1.165, 1.54) is 15.0 Å². The predicted octanol–water partition coefficient (Wildman–Crippen LogP) is 6.87. The molecule has 4 rings (SSSR count). The summed E-state index contributed by atoms with van der Waals surface area (Å²) in [6, 6.07) is 18.3. The lowest BCUT2D eigenvalue weighted by molar-refractivity contribution is -0.00645. The highest BCUT2D eigenvalue weighted by atomic mass is 32.2. The first-order chi connectivity index (χ1) is 14.0. The van der Waals surface area contributed by atoms with Crippen LogP contribution in [0.2, 0.25) is 0 Å². The molecule has 0 radical (unpaired) electrons. The molecule has 0 bridgehead atoms. The van der Waals surface area contributed by atoms with Crippen LogP contribution in [-0.4, -0.2) is 11.6 Å². The van der Waals surface area contributed by atoms with E-state index in [1.54, 1.807) is 0 Å². The van der Waals surface area contributed by atoms with Crippen LogP contribution >= 0.6 is 10.5 Å². The average Bonchev–Trinajstić information content (AvgIpc) is 3.18. The fourth-order valence-electron chi connectivity index (χ4n) is 4.17. The van der Waals surface area contributed by atoms with Crippen molar-refractivity contribution in [2.24, 2.45) is 5.92 Å². The van der Waals surface area contributed by atoms with E-state index < -0.39 is 5.60 Å². The van der Waals surface area contributed by atoms with E-state index in [1.807, 2.05) is 31.2 Å². The molecule has 29 heavy (non-hydrogen) atoms. The summed E-state index contributed by atoms with van der Waals surface area (Å²) in [5, 5.41) is 3.49. The summed E-state index contributed by atoms with van der Waals surface area (Å²) in [5.41, 5.74) is 0.659. The Bertz CT molecular complexity index is 1100. The van der Waals surface area contributed by atoms with Gasteiger partial charge >= 0.3 is 5.97 Å². The molecule has 0 amide bonds. The molecule has 1 fully saturated rings. The molecule has 3 atom stereocenters. The average molecular weight is 402 g/mol. The number of carbonyl (C=O) groups excluding carboxylic acids is 1. The summed E-state index contributed by atoms with van der Waals surface area (Å²) >= 11 is 0. The molecule has 3 unspecified atom stereocenters. The number of carbonyl (C=O) groups is 1. The van der Waals surface area contributed by atoms with Gasteiger partial charge in [-0.3, -0.25) is 0 Å². The first-order valence-corrected chi connectivity index (χ1v) is 11.3. The highest BCUT2D eigenvalue weighted by Gasteiger charge is 2.39. The van der Waals surface area contributed by atoms with E-state index in [0.717, 1.165) is 31.3 Å². The zero-order chi connectivity index (χ0) is 20.4. The van der Waals surface area contributed by atoms with Crippen molar-refractivity contribution in [1.29, 1.82) is 0 Å². The van der Waals surface area contributed by atoms with Crippen LogP contribution in [0.25, 0.3) is 15.0 Å². The third-order valence-corrected chi connectivity index (χ3v) is 7.91. The number of hydrogen-bond acceptors (Lipinski definition) is 2. The van der Waals surface area contributed by atoms with Crippen LogP contribution in [0.15, 0.2) is 72.1 Å². The van der Waals surface area contributed by atoms with Crippen LogP contribution in [0.5, 0.6) is 0 Å². The lowest BCUT2D eigenvalue weighted by Gasteiger charge is -2.36. The van der Waals surface area contributed by atoms with Crippen molar-refractivity contribution in [3.8, 4) is 17.2 Å². The van der Waals surface area contributed by atoms with Crippen LogP contribution in [0.4, 0.5) is 0 Å². The molecule has 0 spiro atoms. The second kappa shape index (κ2) is 7.89. The Kier molecular flexibility index (Phi) is 5.30. The smallest absolute Gasteiger partial charge is 0.339 e. The number of esters is 1. The summed E-state index contributed by atoms with van der Waals surface area (Å²) in [6.45, 7) is 6.01. The van der Waals surface area contributed by atoms with Gasteiger partial charge in [-0.1, -0.05) is 36.6 Å². The van der Waals surface area contributed by atoms with E-state index in [4.69, 9.17) is 11.2 Å². The number of ether oxygens (including phenoxy) is 1. The van der Waals surface area contributed by atoms with E-state index in [-0.39, 0.29) is 22.4 Å². The zero-order valence-corrected chi connectivity index (χ0v) is 17.5. The Balaban J connectivity index is 1.55.